The summed E-state index contributed by atoms with van der Waals surface area (Å²) in [6.07, 6.45) is 1.77. The molecule has 0 amide bonds. The molecule has 0 aromatic heterocycles. The largest absolute Gasteiger partial charge is 0.497 e. The summed E-state index contributed by atoms with van der Waals surface area (Å²) < 4.78 is 17.1. The Morgan fingerprint density at radius 2 is 1.79 bits per heavy atom. The van der Waals surface area contributed by atoms with Crippen molar-refractivity contribution in [1.82, 2.24) is 0 Å². The van der Waals surface area contributed by atoms with Gasteiger partial charge in [0.15, 0.2) is 0 Å². The van der Waals surface area contributed by atoms with E-state index in [1.165, 1.54) is 0 Å². The standard InChI is InChI=1S/C15H13ClO2S/c1-18-13-6-8-14(9-7-13)19(17)11-10-12-4-2-3-5-15(12)16/h2-11H,1H3/b11-10+. The van der Waals surface area contributed by atoms with Crippen molar-refractivity contribution in [1.29, 1.82) is 0 Å². The molecule has 0 saturated carbocycles. The molecule has 2 nitrogen and oxygen atoms in total. The Hall–Kier alpha value is -1.58. The van der Waals surface area contributed by atoms with Crippen molar-refractivity contribution in [3.63, 3.8) is 0 Å². The maximum atomic E-state index is 12.1. The zero-order chi connectivity index (χ0) is 13.7. The van der Waals surface area contributed by atoms with Crippen molar-refractivity contribution in [3.8, 4) is 5.75 Å². The van der Waals surface area contributed by atoms with E-state index in [1.54, 1.807) is 48.9 Å². The number of benzene rings is 2. The lowest BCUT2D eigenvalue weighted by molar-refractivity contribution is 0.414. The van der Waals surface area contributed by atoms with Crippen LogP contribution in [-0.2, 0) is 10.8 Å². The molecule has 0 bridgehead atoms. The van der Waals surface area contributed by atoms with Crippen LogP contribution < -0.4 is 4.74 Å². The Morgan fingerprint density at radius 3 is 2.42 bits per heavy atom. The first-order valence-corrected chi connectivity index (χ1v) is 7.27. The summed E-state index contributed by atoms with van der Waals surface area (Å²) in [5.74, 6) is 0.746. The molecule has 0 radical (unpaired) electrons. The van der Waals surface area contributed by atoms with Crippen LogP contribution in [0.3, 0.4) is 0 Å². The highest BCUT2D eigenvalue weighted by atomic mass is 35.5. The SMILES string of the molecule is COc1ccc(S(=O)/C=C/c2ccccc2Cl)cc1. The van der Waals surface area contributed by atoms with Crippen LogP contribution in [0.5, 0.6) is 5.75 Å². The minimum absolute atomic E-state index is 0.644. The molecule has 0 aliphatic carbocycles. The quantitative estimate of drug-likeness (QED) is 0.847. The summed E-state index contributed by atoms with van der Waals surface area (Å²) in [6, 6.07) is 14.6. The van der Waals surface area contributed by atoms with Gasteiger partial charge in [-0.15, -0.1) is 0 Å². The third kappa shape index (κ3) is 3.69. The van der Waals surface area contributed by atoms with E-state index in [0.717, 1.165) is 16.2 Å². The number of rotatable bonds is 4. The summed E-state index contributed by atoms with van der Waals surface area (Å²) >= 11 is 6.03. The minimum Gasteiger partial charge on any atom is -0.497 e. The van der Waals surface area contributed by atoms with E-state index in [4.69, 9.17) is 16.3 Å². The van der Waals surface area contributed by atoms with E-state index in [2.05, 4.69) is 0 Å². The lowest BCUT2D eigenvalue weighted by Gasteiger charge is -2.01. The first-order chi connectivity index (χ1) is 9.20. The lowest BCUT2D eigenvalue weighted by Crippen LogP contribution is -1.87. The molecule has 2 aromatic rings. The molecule has 98 valence electrons. The first-order valence-electron chi connectivity index (χ1n) is 5.68. The summed E-state index contributed by atoms with van der Waals surface area (Å²) in [5, 5.41) is 2.27. The zero-order valence-electron chi connectivity index (χ0n) is 10.4. The second kappa shape index (κ2) is 6.55. The van der Waals surface area contributed by atoms with Gasteiger partial charge in [-0.3, -0.25) is 0 Å². The monoisotopic (exact) mass is 292 g/mol. The molecule has 0 aliphatic heterocycles. The first kappa shape index (κ1) is 13.8. The molecule has 0 heterocycles. The van der Waals surface area contributed by atoms with Crippen molar-refractivity contribution in [2.75, 3.05) is 7.11 Å². The van der Waals surface area contributed by atoms with Gasteiger partial charge < -0.3 is 4.74 Å². The second-order valence-electron chi connectivity index (χ2n) is 3.80. The van der Waals surface area contributed by atoms with Gasteiger partial charge in [-0.05, 0) is 42.0 Å². The van der Waals surface area contributed by atoms with Crippen LogP contribution in [0.15, 0.2) is 58.8 Å². The Bertz CT molecular complexity index is 606. The summed E-state index contributed by atoms with van der Waals surface area (Å²) in [7, 11) is 0.403. The molecule has 4 heteroatoms. The molecule has 0 saturated heterocycles. The van der Waals surface area contributed by atoms with Crippen LogP contribution in [0.25, 0.3) is 6.08 Å². The fourth-order valence-corrected chi connectivity index (χ4v) is 2.56. The molecular formula is C15H13ClO2S. The number of methoxy groups -OCH3 is 1. The molecule has 2 rings (SSSR count). The van der Waals surface area contributed by atoms with Gasteiger partial charge in [0.25, 0.3) is 0 Å². The van der Waals surface area contributed by atoms with E-state index < -0.39 is 10.8 Å². The Kier molecular flexibility index (Phi) is 4.77. The van der Waals surface area contributed by atoms with Crippen LogP contribution in [-0.4, -0.2) is 11.3 Å². The topological polar surface area (TPSA) is 26.3 Å². The molecule has 0 spiro atoms. The van der Waals surface area contributed by atoms with Crippen molar-refractivity contribution in [3.05, 3.63) is 64.5 Å². The van der Waals surface area contributed by atoms with Gasteiger partial charge >= 0.3 is 0 Å². The zero-order valence-corrected chi connectivity index (χ0v) is 11.9. The lowest BCUT2D eigenvalue weighted by atomic mass is 10.2. The smallest absolute Gasteiger partial charge is 0.118 e. The minimum atomic E-state index is -1.20. The van der Waals surface area contributed by atoms with E-state index >= 15 is 0 Å². The van der Waals surface area contributed by atoms with Crippen molar-refractivity contribution < 1.29 is 8.95 Å². The molecule has 1 unspecified atom stereocenters. The average Bonchev–Trinajstić information content (AvgIpc) is 2.46. The third-order valence-corrected chi connectivity index (χ3v) is 4.03. The molecule has 1 atom stereocenters. The predicted octanol–water partition coefficient (Wildman–Crippen LogP) is 4.13. The second-order valence-corrected chi connectivity index (χ2v) is 5.54. The number of halogens is 1. The van der Waals surface area contributed by atoms with Gasteiger partial charge in [0.2, 0.25) is 0 Å². The van der Waals surface area contributed by atoms with Crippen molar-refractivity contribution >= 4 is 28.5 Å². The Morgan fingerprint density at radius 1 is 1.11 bits per heavy atom. The Balaban J connectivity index is 2.14. The number of hydrogen-bond acceptors (Lipinski definition) is 2. The van der Waals surface area contributed by atoms with E-state index in [9.17, 15) is 4.21 Å². The highest BCUT2D eigenvalue weighted by Crippen LogP contribution is 2.19. The van der Waals surface area contributed by atoms with Gasteiger partial charge in [0.05, 0.1) is 17.9 Å². The third-order valence-electron chi connectivity index (χ3n) is 2.57. The fraction of sp³-hybridized carbons (Fsp3) is 0.0667. The summed E-state index contributed by atoms with van der Waals surface area (Å²) in [5.41, 5.74) is 0.853. The highest BCUT2D eigenvalue weighted by molar-refractivity contribution is 7.88. The molecule has 0 fully saturated rings. The van der Waals surface area contributed by atoms with Crippen LogP contribution in [0.2, 0.25) is 5.02 Å². The van der Waals surface area contributed by atoms with Crippen LogP contribution >= 0.6 is 11.6 Å². The molecule has 0 N–H and O–H groups in total. The van der Waals surface area contributed by atoms with E-state index in [1.807, 2.05) is 18.2 Å². The van der Waals surface area contributed by atoms with Gasteiger partial charge in [0.1, 0.15) is 5.75 Å². The van der Waals surface area contributed by atoms with Crippen LogP contribution in [0.1, 0.15) is 5.56 Å². The van der Waals surface area contributed by atoms with E-state index in [-0.39, 0.29) is 0 Å². The predicted molar refractivity (Wildman–Crippen MR) is 79.9 cm³/mol. The van der Waals surface area contributed by atoms with Crippen molar-refractivity contribution in [2.24, 2.45) is 0 Å². The fourth-order valence-electron chi connectivity index (χ4n) is 1.53. The highest BCUT2D eigenvalue weighted by Gasteiger charge is 2.01. The van der Waals surface area contributed by atoms with Crippen LogP contribution in [0.4, 0.5) is 0 Å². The summed E-state index contributed by atoms with van der Waals surface area (Å²) in [6.45, 7) is 0. The molecule has 19 heavy (non-hydrogen) atoms. The molecular weight excluding hydrogens is 280 g/mol. The molecule has 0 aliphatic rings. The van der Waals surface area contributed by atoms with Crippen molar-refractivity contribution in [2.45, 2.75) is 4.90 Å². The molecule has 2 aromatic carbocycles. The van der Waals surface area contributed by atoms with Gasteiger partial charge in [0, 0.05) is 15.3 Å². The van der Waals surface area contributed by atoms with Gasteiger partial charge in [-0.25, -0.2) is 4.21 Å². The van der Waals surface area contributed by atoms with Crippen LogP contribution in [0, 0.1) is 0 Å². The average molecular weight is 293 g/mol. The maximum absolute atomic E-state index is 12.1. The summed E-state index contributed by atoms with van der Waals surface area (Å²) in [4.78, 5) is 0.726. The maximum Gasteiger partial charge on any atom is 0.118 e. The van der Waals surface area contributed by atoms with E-state index in [0.29, 0.717) is 5.02 Å². The van der Waals surface area contributed by atoms with Gasteiger partial charge in [-0.1, -0.05) is 29.8 Å². The normalized spacial score (nSPS) is 12.5. The number of hydrogen-bond donors (Lipinski definition) is 0. The van der Waals surface area contributed by atoms with Gasteiger partial charge in [-0.2, -0.15) is 0 Å². The number of ether oxygens (including phenoxy) is 1. The Labute approximate surface area is 120 Å².